The number of phenolic OH excluding ortho intramolecular Hbond substituents is 1. The summed E-state index contributed by atoms with van der Waals surface area (Å²) in [6.07, 6.45) is 3.83. The number of nitrogens with zero attached hydrogens (tertiary/aromatic N) is 1. The van der Waals surface area contributed by atoms with E-state index in [0.717, 1.165) is 24.9 Å². The maximum Gasteiger partial charge on any atom is 0.161 e. The molecule has 24 heavy (non-hydrogen) atoms. The first-order chi connectivity index (χ1) is 11.5. The van der Waals surface area contributed by atoms with E-state index in [1.807, 2.05) is 6.07 Å². The molecule has 3 aliphatic rings. The van der Waals surface area contributed by atoms with Crippen LogP contribution >= 0.6 is 0 Å². The van der Waals surface area contributed by atoms with Crippen molar-refractivity contribution in [2.75, 3.05) is 27.8 Å². The van der Waals surface area contributed by atoms with Crippen molar-refractivity contribution in [2.45, 2.75) is 36.8 Å². The molecule has 1 heterocycles. The molecule has 4 rings (SSSR count). The van der Waals surface area contributed by atoms with Crippen LogP contribution < -0.4 is 4.74 Å². The van der Waals surface area contributed by atoms with Crippen molar-refractivity contribution in [1.29, 1.82) is 0 Å². The van der Waals surface area contributed by atoms with Gasteiger partial charge in [-0.05, 0) is 50.6 Å². The molecule has 5 nitrogen and oxygen atoms in total. The van der Waals surface area contributed by atoms with E-state index in [1.54, 1.807) is 14.2 Å². The molecular weight excluding hydrogens is 306 g/mol. The number of methoxy groups -OCH3 is 2. The topological polar surface area (TPSA) is 62.2 Å². The molecule has 1 aromatic rings. The van der Waals surface area contributed by atoms with Crippen LogP contribution in [0.3, 0.4) is 0 Å². The highest BCUT2D eigenvalue weighted by Gasteiger charge is 2.56. The maximum absolute atomic E-state index is 10.9. The first-order valence-corrected chi connectivity index (χ1v) is 8.55. The Bertz CT molecular complexity index is 701. The van der Waals surface area contributed by atoms with Gasteiger partial charge in [0.15, 0.2) is 11.5 Å². The molecule has 2 unspecified atom stereocenters. The number of ether oxygens (including phenoxy) is 2. The predicted octanol–water partition coefficient (Wildman–Crippen LogP) is 1.81. The monoisotopic (exact) mass is 331 g/mol. The van der Waals surface area contributed by atoms with Gasteiger partial charge in [0.05, 0.1) is 14.2 Å². The van der Waals surface area contributed by atoms with Crippen molar-refractivity contribution in [1.82, 2.24) is 4.90 Å². The van der Waals surface area contributed by atoms with Gasteiger partial charge in [0, 0.05) is 22.9 Å². The average molecular weight is 331 g/mol. The van der Waals surface area contributed by atoms with Gasteiger partial charge < -0.3 is 24.6 Å². The number of aliphatic hydroxyl groups excluding tert-OH is 1. The number of hydrogen-bond donors (Lipinski definition) is 2. The highest BCUT2D eigenvalue weighted by atomic mass is 16.5. The lowest BCUT2D eigenvalue weighted by Gasteiger charge is -2.57. The number of benzene rings is 1. The second-order valence-corrected chi connectivity index (χ2v) is 7.33. The molecule has 1 aliphatic heterocycles. The summed E-state index contributed by atoms with van der Waals surface area (Å²) >= 11 is 0. The van der Waals surface area contributed by atoms with E-state index in [4.69, 9.17) is 9.47 Å². The van der Waals surface area contributed by atoms with Gasteiger partial charge in [0.25, 0.3) is 0 Å². The van der Waals surface area contributed by atoms with Crippen LogP contribution in [0.4, 0.5) is 0 Å². The molecule has 0 radical (unpaired) electrons. The van der Waals surface area contributed by atoms with Gasteiger partial charge >= 0.3 is 0 Å². The molecule has 5 heteroatoms. The van der Waals surface area contributed by atoms with Crippen molar-refractivity contribution in [3.8, 4) is 11.5 Å². The zero-order valence-corrected chi connectivity index (χ0v) is 14.5. The highest BCUT2D eigenvalue weighted by Crippen LogP contribution is 2.58. The Labute approximate surface area is 142 Å². The van der Waals surface area contributed by atoms with E-state index in [9.17, 15) is 10.2 Å². The maximum atomic E-state index is 10.9. The van der Waals surface area contributed by atoms with Gasteiger partial charge in [-0.25, -0.2) is 0 Å². The SMILES string of the molecule is COC1=CC2[C@@H]3Cc4ccc(OC)c(O)c4C2(CCN3C)C[C@@H]1O. The molecule has 2 bridgehead atoms. The minimum atomic E-state index is -0.633. The van der Waals surface area contributed by atoms with Gasteiger partial charge in [0.1, 0.15) is 11.9 Å². The van der Waals surface area contributed by atoms with Crippen LogP contribution in [0.1, 0.15) is 24.0 Å². The standard InChI is InChI=1S/C19H25NO4/c1-20-7-6-19-10-14(21)16(24-3)9-12(19)13(20)8-11-4-5-15(23-2)18(22)17(11)19/h4-5,9,12-14,21-22H,6-8,10H2,1-3H3/t12?,13-,14-,19?/m0/s1. The number of rotatable bonds is 2. The number of likely N-dealkylation sites (N-methyl/N-ethyl adjacent to an activating group) is 1. The first-order valence-electron chi connectivity index (χ1n) is 8.55. The summed E-state index contributed by atoms with van der Waals surface area (Å²) in [5.74, 6) is 1.63. The fraction of sp³-hybridized carbons (Fsp3) is 0.579. The lowest BCUT2D eigenvalue weighted by atomic mass is 9.53. The molecule has 0 saturated carbocycles. The number of piperidine rings is 1. The molecule has 1 aromatic carbocycles. The molecule has 0 aromatic heterocycles. The van der Waals surface area contributed by atoms with E-state index >= 15 is 0 Å². The smallest absolute Gasteiger partial charge is 0.161 e. The summed E-state index contributed by atoms with van der Waals surface area (Å²) < 4.78 is 10.8. The summed E-state index contributed by atoms with van der Waals surface area (Å²) in [5.41, 5.74) is 1.88. The number of hydrogen-bond acceptors (Lipinski definition) is 5. The van der Waals surface area contributed by atoms with Crippen LogP contribution in [0.5, 0.6) is 11.5 Å². The minimum absolute atomic E-state index is 0.222. The number of fused-ring (bicyclic) bond motifs is 1. The van der Waals surface area contributed by atoms with E-state index in [2.05, 4.69) is 24.1 Å². The normalized spacial score (nSPS) is 34.8. The quantitative estimate of drug-likeness (QED) is 0.865. The molecule has 2 aliphatic carbocycles. The first kappa shape index (κ1) is 15.8. The van der Waals surface area contributed by atoms with E-state index < -0.39 is 6.10 Å². The average Bonchev–Trinajstić information content (AvgIpc) is 2.57. The van der Waals surface area contributed by atoms with Crippen molar-refractivity contribution < 1.29 is 19.7 Å². The summed E-state index contributed by atoms with van der Waals surface area (Å²) in [4.78, 5) is 2.40. The van der Waals surface area contributed by atoms with Crippen molar-refractivity contribution in [3.63, 3.8) is 0 Å². The Hall–Kier alpha value is -1.72. The lowest BCUT2D eigenvalue weighted by molar-refractivity contribution is -0.00381. The third-order valence-corrected chi connectivity index (χ3v) is 6.37. The Morgan fingerprint density at radius 1 is 1.25 bits per heavy atom. The number of likely N-dealkylation sites (tertiary alicyclic amines) is 1. The molecule has 130 valence electrons. The molecule has 1 saturated heterocycles. The molecular formula is C19H25NO4. The molecule has 1 fully saturated rings. The second kappa shape index (κ2) is 5.39. The van der Waals surface area contributed by atoms with Crippen molar-refractivity contribution >= 4 is 0 Å². The Morgan fingerprint density at radius 2 is 2.04 bits per heavy atom. The van der Waals surface area contributed by atoms with Gasteiger partial charge in [-0.2, -0.15) is 0 Å². The van der Waals surface area contributed by atoms with Crippen LogP contribution in [0.25, 0.3) is 0 Å². The number of aromatic hydroxyl groups is 1. The van der Waals surface area contributed by atoms with Gasteiger partial charge in [0.2, 0.25) is 0 Å². The summed E-state index contributed by atoms with van der Waals surface area (Å²) in [6.45, 7) is 0.958. The Balaban J connectivity index is 1.95. The number of aliphatic hydroxyl groups is 1. The fourth-order valence-corrected chi connectivity index (χ4v) is 5.20. The van der Waals surface area contributed by atoms with Crippen molar-refractivity contribution in [2.24, 2.45) is 5.92 Å². The summed E-state index contributed by atoms with van der Waals surface area (Å²) in [5, 5.41) is 21.5. The van der Waals surface area contributed by atoms with E-state index in [-0.39, 0.29) is 17.1 Å². The highest BCUT2D eigenvalue weighted by molar-refractivity contribution is 5.57. The van der Waals surface area contributed by atoms with Crippen LogP contribution in [0, 0.1) is 5.92 Å². The van der Waals surface area contributed by atoms with Gasteiger partial charge in [-0.1, -0.05) is 6.07 Å². The zero-order valence-electron chi connectivity index (χ0n) is 14.5. The van der Waals surface area contributed by atoms with Crippen LogP contribution in [0.15, 0.2) is 24.0 Å². The molecule has 0 spiro atoms. The van der Waals surface area contributed by atoms with Gasteiger partial charge in [-0.15, -0.1) is 0 Å². The third kappa shape index (κ3) is 1.94. The molecule has 4 atom stereocenters. The summed E-state index contributed by atoms with van der Waals surface area (Å²) in [6, 6.07) is 4.27. The largest absolute Gasteiger partial charge is 0.504 e. The molecule has 0 amide bonds. The Kier molecular flexibility index (Phi) is 3.55. The van der Waals surface area contributed by atoms with Gasteiger partial charge in [-0.3, -0.25) is 0 Å². The van der Waals surface area contributed by atoms with Crippen molar-refractivity contribution in [3.05, 3.63) is 35.1 Å². The Morgan fingerprint density at radius 3 is 2.75 bits per heavy atom. The lowest BCUT2D eigenvalue weighted by Crippen LogP contribution is -2.60. The predicted molar refractivity (Wildman–Crippen MR) is 90.3 cm³/mol. The van der Waals surface area contributed by atoms with E-state index in [0.29, 0.717) is 24.0 Å². The van der Waals surface area contributed by atoms with Crippen LogP contribution in [0.2, 0.25) is 0 Å². The van der Waals surface area contributed by atoms with Crippen LogP contribution in [-0.2, 0) is 16.6 Å². The minimum Gasteiger partial charge on any atom is -0.504 e. The molecule has 2 N–H and O–H groups in total. The summed E-state index contributed by atoms with van der Waals surface area (Å²) in [7, 11) is 5.35. The van der Waals surface area contributed by atoms with E-state index in [1.165, 1.54) is 5.56 Å². The second-order valence-electron chi connectivity index (χ2n) is 7.33. The van der Waals surface area contributed by atoms with Crippen LogP contribution in [-0.4, -0.2) is 55.1 Å². The number of phenols is 1. The third-order valence-electron chi connectivity index (χ3n) is 6.37. The fourth-order valence-electron chi connectivity index (χ4n) is 5.20. The zero-order chi connectivity index (χ0) is 17.1.